The fraction of sp³-hybridized carbons (Fsp3) is 0.471. The van der Waals surface area contributed by atoms with Crippen LogP contribution in [0.25, 0.3) is 0 Å². The molecule has 3 rings (SSSR count). The molecule has 7 heteroatoms. The molecule has 0 bridgehead atoms. The summed E-state index contributed by atoms with van der Waals surface area (Å²) >= 11 is 0. The number of aromatic nitrogens is 2. The molecule has 0 spiro atoms. The van der Waals surface area contributed by atoms with Crippen LogP contribution in [0.3, 0.4) is 0 Å². The zero-order chi connectivity index (χ0) is 17.1. The van der Waals surface area contributed by atoms with Crippen LogP contribution in [0.15, 0.2) is 24.3 Å². The normalized spacial score (nSPS) is 17.9. The molecule has 2 heterocycles. The predicted molar refractivity (Wildman–Crippen MR) is 88.3 cm³/mol. The van der Waals surface area contributed by atoms with Gasteiger partial charge >= 0.3 is 0 Å². The minimum Gasteiger partial charge on any atom is -0.489 e. The molecule has 1 aromatic carbocycles. The average molecular weight is 336 g/mol. The second kappa shape index (κ2) is 7.17. The van der Waals surface area contributed by atoms with Gasteiger partial charge in [0.15, 0.2) is 11.6 Å². The largest absolute Gasteiger partial charge is 0.489 e. The molecule has 0 unspecified atom stereocenters. The maximum Gasteiger partial charge on any atom is 0.167 e. The zero-order valence-corrected chi connectivity index (χ0v) is 13.9. The van der Waals surface area contributed by atoms with E-state index in [0.717, 1.165) is 37.2 Å². The van der Waals surface area contributed by atoms with Gasteiger partial charge in [0.2, 0.25) is 0 Å². The third-order valence-electron chi connectivity index (χ3n) is 4.04. The van der Waals surface area contributed by atoms with Gasteiger partial charge < -0.3 is 15.4 Å². The van der Waals surface area contributed by atoms with Crippen LogP contribution in [-0.4, -0.2) is 35.5 Å². The first-order chi connectivity index (χ1) is 11.5. The lowest BCUT2D eigenvalue weighted by Gasteiger charge is -2.26. The van der Waals surface area contributed by atoms with E-state index in [-0.39, 0.29) is 11.8 Å². The van der Waals surface area contributed by atoms with Crippen LogP contribution >= 0.6 is 0 Å². The lowest BCUT2D eigenvalue weighted by Crippen LogP contribution is -2.40. The second-order valence-corrected chi connectivity index (χ2v) is 6.30. The highest BCUT2D eigenvalue weighted by atomic mass is 19.1. The van der Waals surface area contributed by atoms with Crippen molar-refractivity contribution in [1.82, 2.24) is 15.1 Å². The van der Waals surface area contributed by atoms with Crippen molar-refractivity contribution in [3.8, 4) is 5.75 Å². The lowest BCUT2D eigenvalue weighted by atomic mass is 10.1. The molecule has 0 radical (unpaired) electrons. The summed E-state index contributed by atoms with van der Waals surface area (Å²) in [5, 5.41) is 11.2. The van der Waals surface area contributed by atoms with Crippen LogP contribution < -0.4 is 15.4 Å². The number of aryl methyl sites for hydroxylation is 1. The Morgan fingerprint density at radius 3 is 3.04 bits per heavy atom. The summed E-state index contributed by atoms with van der Waals surface area (Å²) in [6.07, 6.45) is 0. The van der Waals surface area contributed by atoms with E-state index in [4.69, 9.17) is 4.74 Å². The first kappa shape index (κ1) is 16.7. The monoisotopic (exact) mass is 336 g/mol. The van der Waals surface area contributed by atoms with Crippen LogP contribution in [-0.2, 0) is 6.54 Å². The fourth-order valence-electron chi connectivity index (χ4n) is 2.76. The summed E-state index contributed by atoms with van der Waals surface area (Å²) in [6, 6.07) is 5.41. The number of halogens is 2. The zero-order valence-electron chi connectivity index (χ0n) is 13.9. The third kappa shape index (κ3) is 4.03. The molecule has 2 N–H and O–H groups in total. The highest BCUT2D eigenvalue weighted by molar-refractivity contribution is 5.38. The summed E-state index contributed by atoms with van der Waals surface area (Å²) in [7, 11) is 0. The van der Waals surface area contributed by atoms with E-state index in [9.17, 15) is 8.78 Å². The Labute approximate surface area is 140 Å². The smallest absolute Gasteiger partial charge is 0.167 e. The van der Waals surface area contributed by atoms with Crippen LogP contribution in [0.5, 0.6) is 5.75 Å². The Kier molecular flexibility index (Phi) is 4.99. The molecule has 1 aliphatic heterocycles. The number of anilines is 1. The Balaban J connectivity index is 1.43. The molecule has 0 aliphatic carbocycles. The van der Waals surface area contributed by atoms with Gasteiger partial charge in [0.25, 0.3) is 0 Å². The van der Waals surface area contributed by atoms with Crippen molar-refractivity contribution in [2.45, 2.75) is 26.4 Å². The average Bonchev–Trinajstić information content (AvgIpc) is 2.91. The fourth-order valence-corrected chi connectivity index (χ4v) is 2.76. The van der Waals surface area contributed by atoms with Crippen molar-refractivity contribution in [1.29, 1.82) is 0 Å². The topological polar surface area (TPSA) is 51.1 Å². The highest BCUT2D eigenvalue weighted by Gasteiger charge is 2.19. The van der Waals surface area contributed by atoms with Crippen LogP contribution in [0.4, 0.5) is 14.6 Å². The van der Waals surface area contributed by atoms with E-state index in [1.165, 1.54) is 12.1 Å². The predicted octanol–water partition coefficient (Wildman–Crippen LogP) is 2.57. The number of nitrogens with zero attached hydrogens (tertiary/aromatic N) is 2. The summed E-state index contributed by atoms with van der Waals surface area (Å²) in [4.78, 5) is 0. The Bertz CT molecular complexity index is 704. The third-order valence-corrected chi connectivity index (χ3v) is 4.04. The standard InChI is InChI=1S/C17H22F2N4O/c1-11-5-17-21-8-13(9-23(17)22-11)7-20-12(2)10-24-16-4-3-14(18)6-15(16)19/h3-6,12-13,20-21H,7-10H2,1-2H3/t12-,13-/m1/s1. The van der Waals surface area contributed by atoms with Crippen molar-refractivity contribution in [2.75, 3.05) is 25.0 Å². The van der Waals surface area contributed by atoms with E-state index in [0.29, 0.717) is 12.5 Å². The number of hydrogen-bond donors (Lipinski definition) is 2. The van der Waals surface area contributed by atoms with Crippen LogP contribution in [0, 0.1) is 24.5 Å². The molecule has 130 valence electrons. The molecular weight excluding hydrogens is 314 g/mol. The molecule has 1 aliphatic rings. The van der Waals surface area contributed by atoms with Gasteiger partial charge in [-0.25, -0.2) is 13.5 Å². The van der Waals surface area contributed by atoms with Gasteiger partial charge in [0.05, 0.1) is 5.69 Å². The van der Waals surface area contributed by atoms with E-state index >= 15 is 0 Å². The summed E-state index contributed by atoms with van der Waals surface area (Å²) in [5.74, 6) is 0.263. The molecule has 2 aromatic rings. The SMILES string of the molecule is Cc1cc2n(n1)C[C@H](CN[C@H](C)COc1ccc(F)cc1F)CN2. The number of fused-ring (bicyclic) bond motifs is 1. The lowest BCUT2D eigenvalue weighted by molar-refractivity contribution is 0.252. The minimum atomic E-state index is -0.680. The Morgan fingerprint density at radius 2 is 2.25 bits per heavy atom. The molecule has 24 heavy (non-hydrogen) atoms. The maximum absolute atomic E-state index is 13.5. The summed E-state index contributed by atoms with van der Waals surface area (Å²) < 4.78 is 33.8. The van der Waals surface area contributed by atoms with Crippen LogP contribution in [0.2, 0.25) is 0 Å². The molecule has 0 saturated heterocycles. The number of nitrogens with one attached hydrogen (secondary N) is 2. The van der Waals surface area contributed by atoms with Gasteiger partial charge in [-0.15, -0.1) is 0 Å². The molecule has 5 nitrogen and oxygen atoms in total. The van der Waals surface area contributed by atoms with Gasteiger partial charge in [0, 0.05) is 43.7 Å². The van der Waals surface area contributed by atoms with E-state index in [1.807, 2.05) is 24.6 Å². The maximum atomic E-state index is 13.5. The summed E-state index contributed by atoms with van der Waals surface area (Å²) in [5.41, 5.74) is 1.01. The van der Waals surface area contributed by atoms with E-state index in [1.54, 1.807) is 0 Å². The number of hydrogen-bond acceptors (Lipinski definition) is 4. The Hall–Kier alpha value is -2.15. The molecule has 0 fully saturated rings. The van der Waals surface area contributed by atoms with Crippen molar-refractivity contribution >= 4 is 5.82 Å². The molecule has 0 amide bonds. The number of rotatable bonds is 6. The van der Waals surface area contributed by atoms with Gasteiger partial charge in [-0.2, -0.15) is 5.10 Å². The molecule has 0 saturated carbocycles. The van der Waals surface area contributed by atoms with Gasteiger partial charge in [0.1, 0.15) is 18.2 Å². The van der Waals surface area contributed by atoms with Crippen LogP contribution in [0.1, 0.15) is 12.6 Å². The van der Waals surface area contributed by atoms with Gasteiger partial charge in [-0.05, 0) is 26.0 Å². The van der Waals surface area contributed by atoms with Gasteiger partial charge in [-0.3, -0.25) is 0 Å². The van der Waals surface area contributed by atoms with Gasteiger partial charge in [-0.1, -0.05) is 0 Å². The highest BCUT2D eigenvalue weighted by Crippen LogP contribution is 2.19. The number of benzene rings is 1. The van der Waals surface area contributed by atoms with Crippen molar-refractivity contribution in [3.05, 3.63) is 41.6 Å². The first-order valence-electron chi connectivity index (χ1n) is 8.11. The van der Waals surface area contributed by atoms with Crippen molar-refractivity contribution in [3.63, 3.8) is 0 Å². The summed E-state index contributed by atoms with van der Waals surface area (Å²) in [6.45, 7) is 6.83. The number of ether oxygens (including phenoxy) is 1. The van der Waals surface area contributed by atoms with Crippen molar-refractivity contribution < 1.29 is 13.5 Å². The molecular formula is C17H22F2N4O. The quantitative estimate of drug-likeness (QED) is 0.851. The molecule has 2 atom stereocenters. The first-order valence-corrected chi connectivity index (χ1v) is 8.11. The minimum absolute atomic E-state index is 0.0511. The van der Waals surface area contributed by atoms with E-state index < -0.39 is 11.6 Å². The van der Waals surface area contributed by atoms with Crippen molar-refractivity contribution in [2.24, 2.45) is 5.92 Å². The van der Waals surface area contributed by atoms with E-state index in [2.05, 4.69) is 15.7 Å². The Morgan fingerprint density at radius 1 is 1.42 bits per heavy atom. The molecule has 1 aromatic heterocycles. The second-order valence-electron chi connectivity index (χ2n) is 6.30.